The van der Waals surface area contributed by atoms with Crippen LogP contribution < -0.4 is 0 Å². The molecule has 1 aliphatic carbocycles. The molecule has 2 aliphatic rings. The third-order valence-corrected chi connectivity index (χ3v) is 5.21. The summed E-state index contributed by atoms with van der Waals surface area (Å²) in [7, 11) is 0. The minimum Gasteiger partial charge on any atom is -0.469 e. The summed E-state index contributed by atoms with van der Waals surface area (Å²) >= 11 is 0. The molecule has 0 bridgehead atoms. The normalized spacial score (nSPS) is 29.9. The number of likely N-dealkylation sites (tertiary alicyclic amines) is 1. The molecule has 1 aromatic heterocycles. The van der Waals surface area contributed by atoms with E-state index in [1.54, 1.807) is 6.26 Å². The Balaban J connectivity index is 1.82. The van der Waals surface area contributed by atoms with Gasteiger partial charge >= 0.3 is 0 Å². The number of aliphatic hydroxyl groups is 1. The minimum atomic E-state index is -0.247. The van der Waals surface area contributed by atoms with Gasteiger partial charge in [0.15, 0.2) is 0 Å². The Morgan fingerprint density at radius 3 is 2.67 bits per heavy atom. The standard InChI is InChI=1S/C17H25NO3/c1-11-10-21-12(2)16(11)17(20)18-9-5-7-14(18)13-6-3-4-8-15(13)19/h10,13-15,19H,3-9H2,1-2H3/t13-,14-,15+/m1/s1. The third-order valence-electron chi connectivity index (χ3n) is 5.21. The number of amides is 1. The smallest absolute Gasteiger partial charge is 0.257 e. The Morgan fingerprint density at radius 2 is 2.00 bits per heavy atom. The van der Waals surface area contributed by atoms with E-state index in [-0.39, 0.29) is 24.0 Å². The van der Waals surface area contributed by atoms with E-state index in [4.69, 9.17) is 4.42 Å². The van der Waals surface area contributed by atoms with Crippen molar-refractivity contribution in [2.45, 2.75) is 64.5 Å². The van der Waals surface area contributed by atoms with Crippen LogP contribution in [0.5, 0.6) is 0 Å². The van der Waals surface area contributed by atoms with Gasteiger partial charge in [-0.3, -0.25) is 4.79 Å². The molecule has 4 heteroatoms. The van der Waals surface area contributed by atoms with Gasteiger partial charge in [0.25, 0.3) is 5.91 Å². The van der Waals surface area contributed by atoms with E-state index < -0.39 is 0 Å². The van der Waals surface area contributed by atoms with Crippen molar-refractivity contribution < 1.29 is 14.3 Å². The lowest BCUT2D eigenvalue weighted by Crippen LogP contribution is -2.45. The molecule has 1 aromatic rings. The summed E-state index contributed by atoms with van der Waals surface area (Å²) in [5, 5.41) is 10.3. The van der Waals surface area contributed by atoms with Gasteiger partial charge in [-0.25, -0.2) is 0 Å². The Kier molecular flexibility index (Phi) is 4.07. The number of carbonyl (C=O) groups excluding carboxylic acids is 1. The van der Waals surface area contributed by atoms with Crippen molar-refractivity contribution in [3.8, 4) is 0 Å². The summed E-state index contributed by atoms with van der Waals surface area (Å²) in [5.74, 6) is 1.03. The van der Waals surface area contributed by atoms with Crippen LogP contribution >= 0.6 is 0 Å². The van der Waals surface area contributed by atoms with Crippen molar-refractivity contribution >= 4 is 5.91 Å². The zero-order valence-corrected chi connectivity index (χ0v) is 13.0. The summed E-state index contributed by atoms with van der Waals surface area (Å²) in [4.78, 5) is 14.9. The van der Waals surface area contributed by atoms with Gasteiger partial charge in [0.1, 0.15) is 5.76 Å². The second-order valence-electron chi connectivity index (χ2n) is 6.57. The molecule has 2 heterocycles. The lowest BCUT2D eigenvalue weighted by Gasteiger charge is -2.37. The highest BCUT2D eigenvalue weighted by Gasteiger charge is 2.40. The van der Waals surface area contributed by atoms with Crippen LogP contribution in [-0.2, 0) is 0 Å². The molecule has 1 amide bonds. The van der Waals surface area contributed by atoms with E-state index in [0.29, 0.717) is 11.3 Å². The molecule has 4 nitrogen and oxygen atoms in total. The van der Waals surface area contributed by atoms with Gasteiger partial charge in [0.05, 0.1) is 17.9 Å². The van der Waals surface area contributed by atoms with Crippen molar-refractivity contribution in [3.05, 3.63) is 23.2 Å². The summed E-state index contributed by atoms with van der Waals surface area (Å²) < 4.78 is 5.38. The number of rotatable bonds is 2. The first kappa shape index (κ1) is 14.6. The highest BCUT2D eigenvalue weighted by molar-refractivity contribution is 5.96. The molecule has 2 fully saturated rings. The average Bonchev–Trinajstić information content (AvgIpc) is 3.06. The molecule has 0 radical (unpaired) electrons. The van der Waals surface area contributed by atoms with Crippen LogP contribution in [-0.4, -0.2) is 34.6 Å². The van der Waals surface area contributed by atoms with Crippen molar-refractivity contribution in [2.75, 3.05) is 6.54 Å². The first-order chi connectivity index (χ1) is 10.1. The zero-order chi connectivity index (χ0) is 15.0. The summed E-state index contributed by atoms with van der Waals surface area (Å²) in [6.07, 6.45) is 7.67. The van der Waals surface area contributed by atoms with Gasteiger partial charge in [-0.15, -0.1) is 0 Å². The molecule has 21 heavy (non-hydrogen) atoms. The van der Waals surface area contributed by atoms with Crippen LogP contribution in [0, 0.1) is 19.8 Å². The van der Waals surface area contributed by atoms with Gasteiger partial charge in [0.2, 0.25) is 0 Å². The maximum absolute atomic E-state index is 12.9. The fraction of sp³-hybridized carbons (Fsp3) is 0.706. The van der Waals surface area contributed by atoms with Crippen LogP contribution in [0.2, 0.25) is 0 Å². The van der Waals surface area contributed by atoms with Crippen molar-refractivity contribution in [2.24, 2.45) is 5.92 Å². The van der Waals surface area contributed by atoms with Crippen LogP contribution in [0.4, 0.5) is 0 Å². The SMILES string of the molecule is Cc1coc(C)c1C(=O)N1CCC[C@@H]1[C@H]1CCCC[C@@H]1O. The Labute approximate surface area is 126 Å². The van der Waals surface area contributed by atoms with E-state index >= 15 is 0 Å². The zero-order valence-electron chi connectivity index (χ0n) is 13.0. The van der Waals surface area contributed by atoms with Crippen molar-refractivity contribution in [3.63, 3.8) is 0 Å². The summed E-state index contributed by atoms with van der Waals surface area (Å²) in [6.45, 7) is 4.57. The Bertz CT molecular complexity index is 503. The summed E-state index contributed by atoms with van der Waals surface area (Å²) in [5.41, 5.74) is 1.62. The number of carbonyl (C=O) groups is 1. The highest BCUT2D eigenvalue weighted by atomic mass is 16.3. The van der Waals surface area contributed by atoms with Gasteiger partial charge in [-0.05, 0) is 39.5 Å². The highest BCUT2D eigenvalue weighted by Crippen LogP contribution is 2.36. The van der Waals surface area contributed by atoms with Gasteiger partial charge in [-0.2, -0.15) is 0 Å². The largest absolute Gasteiger partial charge is 0.469 e. The molecule has 1 saturated heterocycles. The maximum atomic E-state index is 12.9. The molecular formula is C17H25NO3. The molecule has 3 rings (SSSR count). The quantitative estimate of drug-likeness (QED) is 0.911. The lowest BCUT2D eigenvalue weighted by atomic mass is 9.80. The van der Waals surface area contributed by atoms with E-state index in [2.05, 4.69) is 0 Å². The molecule has 0 spiro atoms. The monoisotopic (exact) mass is 291 g/mol. The molecule has 0 unspecified atom stereocenters. The Morgan fingerprint density at radius 1 is 1.24 bits per heavy atom. The minimum absolute atomic E-state index is 0.0824. The van der Waals surface area contributed by atoms with Crippen LogP contribution in [0.3, 0.4) is 0 Å². The van der Waals surface area contributed by atoms with E-state index in [1.165, 1.54) is 6.42 Å². The lowest BCUT2D eigenvalue weighted by molar-refractivity contribution is 0.0211. The number of nitrogens with zero attached hydrogens (tertiary/aromatic N) is 1. The third kappa shape index (κ3) is 2.61. The van der Waals surface area contributed by atoms with E-state index in [1.807, 2.05) is 18.7 Å². The number of hydrogen-bond acceptors (Lipinski definition) is 3. The molecule has 1 aliphatic heterocycles. The molecule has 3 atom stereocenters. The van der Waals surface area contributed by atoms with Crippen LogP contribution in [0.15, 0.2) is 10.7 Å². The van der Waals surface area contributed by atoms with Gasteiger partial charge in [0, 0.05) is 24.1 Å². The average molecular weight is 291 g/mol. The molecule has 1 N–H and O–H groups in total. The molecule has 116 valence electrons. The predicted octanol–water partition coefficient (Wildman–Crippen LogP) is 3.05. The van der Waals surface area contributed by atoms with Gasteiger partial charge < -0.3 is 14.4 Å². The Hall–Kier alpha value is -1.29. The first-order valence-corrected chi connectivity index (χ1v) is 8.13. The fourth-order valence-electron chi connectivity index (χ4n) is 4.11. The second kappa shape index (κ2) is 5.84. The van der Waals surface area contributed by atoms with Crippen LogP contribution in [0.1, 0.15) is 60.2 Å². The molecule has 1 saturated carbocycles. The number of aliphatic hydroxyl groups excluding tert-OH is 1. The predicted molar refractivity (Wildman–Crippen MR) is 80.2 cm³/mol. The topological polar surface area (TPSA) is 53.7 Å². The fourth-order valence-corrected chi connectivity index (χ4v) is 4.11. The van der Waals surface area contributed by atoms with Crippen molar-refractivity contribution in [1.29, 1.82) is 0 Å². The number of furan rings is 1. The van der Waals surface area contributed by atoms with Crippen LogP contribution in [0.25, 0.3) is 0 Å². The number of hydrogen-bond donors (Lipinski definition) is 1. The summed E-state index contributed by atoms with van der Waals surface area (Å²) in [6, 6.07) is 0.196. The molecular weight excluding hydrogens is 266 g/mol. The van der Waals surface area contributed by atoms with E-state index in [9.17, 15) is 9.90 Å². The van der Waals surface area contributed by atoms with Gasteiger partial charge in [-0.1, -0.05) is 12.8 Å². The van der Waals surface area contributed by atoms with Crippen molar-refractivity contribution in [1.82, 2.24) is 4.90 Å². The van der Waals surface area contributed by atoms with E-state index in [0.717, 1.165) is 44.2 Å². The molecule has 0 aromatic carbocycles. The first-order valence-electron chi connectivity index (χ1n) is 8.13. The second-order valence-corrected chi connectivity index (χ2v) is 6.57. The maximum Gasteiger partial charge on any atom is 0.257 e. The number of aryl methyl sites for hydroxylation is 2.